The van der Waals surface area contributed by atoms with Crippen molar-refractivity contribution in [2.45, 2.75) is 6.92 Å². The van der Waals surface area contributed by atoms with Crippen LogP contribution in [0.15, 0.2) is 29.6 Å². The van der Waals surface area contributed by atoms with E-state index in [0.29, 0.717) is 11.1 Å². The van der Waals surface area contributed by atoms with Crippen molar-refractivity contribution >= 4 is 44.8 Å². The molecule has 3 aromatic rings. The van der Waals surface area contributed by atoms with E-state index in [2.05, 4.69) is 15.3 Å². The van der Waals surface area contributed by atoms with Crippen molar-refractivity contribution in [3.05, 3.63) is 40.4 Å². The molecule has 20 heavy (non-hydrogen) atoms. The van der Waals surface area contributed by atoms with E-state index in [1.54, 1.807) is 7.11 Å². The molecule has 2 aromatic heterocycles. The van der Waals surface area contributed by atoms with Crippen LogP contribution in [0.4, 0.5) is 11.6 Å². The first kappa shape index (κ1) is 13.1. The van der Waals surface area contributed by atoms with Gasteiger partial charge in [-0.15, -0.1) is 11.3 Å². The lowest BCUT2D eigenvalue weighted by Gasteiger charge is -2.11. The fourth-order valence-electron chi connectivity index (χ4n) is 1.92. The first-order valence-corrected chi connectivity index (χ1v) is 7.25. The Labute approximate surface area is 125 Å². The molecule has 0 saturated carbocycles. The van der Waals surface area contributed by atoms with E-state index in [0.717, 1.165) is 27.2 Å². The highest BCUT2D eigenvalue weighted by molar-refractivity contribution is 7.16. The van der Waals surface area contributed by atoms with Crippen molar-refractivity contribution in [2.24, 2.45) is 0 Å². The maximum atomic E-state index is 6.16. The van der Waals surface area contributed by atoms with E-state index >= 15 is 0 Å². The normalized spacial score (nSPS) is 10.8. The van der Waals surface area contributed by atoms with E-state index in [4.69, 9.17) is 16.3 Å². The smallest absolute Gasteiger partial charge is 0.230 e. The number of halogens is 1. The van der Waals surface area contributed by atoms with Gasteiger partial charge in [0.2, 0.25) is 5.95 Å². The van der Waals surface area contributed by atoms with Crippen molar-refractivity contribution in [3.63, 3.8) is 0 Å². The summed E-state index contributed by atoms with van der Waals surface area (Å²) in [5, 5.41) is 6.43. The van der Waals surface area contributed by atoms with Gasteiger partial charge in [0, 0.05) is 5.39 Å². The zero-order valence-electron chi connectivity index (χ0n) is 11.0. The van der Waals surface area contributed by atoms with Crippen molar-refractivity contribution in [1.82, 2.24) is 9.97 Å². The quantitative estimate of drug-likeness (QED) is 0.728. The number of hydrogen-bond donors (Lipinski definition) is 1. The highest BCUT2D eigenvalue weighted by Crippen LogP contribution is 2.30. The summed E-state index contributed by atoms with van der Waals surface area (Å²) in [6, 6.07) is 7.79. The first-order valence-electron chi connectivity index (χ1n) is 6.00. The van der Waals surface area contributed by atoms with Crippen LogP contribution >= 0.6 is 22.9 Å². The highest BCUT2D eigenvalue weighted by atomic mass is 35.5. The number of nitrogens with zero attached hydrogens (tertiary/aromatic N) is 2. The van der Waals surface area contributed by atoms with Crippen LogP contribution in [0, 0.1) is 6.92 Å². The van der Waals surface area contributed by atoms with Crippen LogP contribution < -0.4 is 10.1 Å². The van der Waals surface area contributed by atoms with Crippen LogP contribution in [-0.2, 0) is 0 Å². The molecule has 1 N–H and O–H groups in total. The largest absolute Gasteiger partial charge is 0.495 e. The number of ether oxygens (including phenoxy) is 1. The number of methoxy groups -OCH3 is 1. The fraction of sp³-hybridized carbons (Fsp3) is 0.143. The van der Waals surface area contributed by atoms with Gasteiger partial charge >= 0.3 is 0 Å². The van der Waals surface area contributed by atoms with E-state index in [-0.39, 0.29) is 0 Å². The average molecular weight is 306 g/mol. The summed E-state index contributed by atoms with van der Waals surface area (Å²) >= 11 is 7.69. The molecule has 3 rings (SSSR count). The second kappa shape index (κ2) is 5.26. The molecule has 1 aromatic carbocycles. The molecular weight excluding hydrogens is 294 g/mol. The number of aryl methyl sites for hydroxylation is 1. The van der Waals surface area contributed by atoms with E-state index in [9.17, 15) is 0 Å². The Morgan fingerprint density at radius 3 is 2.90 bits per heavy atom. The number of rotatable bonds is 3. The summed E-state index contributed by atoms with van der Waals surface area (Å²) in [4.78, 5) is 9.58. The number of hydrogen-bond acceptors (Lipinski definition) is 5. The molecule has 102 valence electrons. The third kappa shape index (κ3) is 2.42. The Bertz CT molecular complexity index is 772. The Hall–Kier alpha value is -1.85. The second-order valence-electron chi connectivity index (χ2n) is 4.31. The third-order valence-electron chi connectivity index (χ3n) is 2.88. The number of aromatic nitrogens is 2. The van der Waals surface area contributed by atoms with Crippen molar-refractivity contribution in [2.75, 3.05) is 12.4 Å². The van der Waals surface area contributed by atoms with E-state index in [1.807, 2.05) is 36.6 Å². The van der Waals surface area contributed by atoms with E-state index < -0.39 is 0 Å². The lowest BCUT2D eigenvalue weighted by atomic mass is 10.2. The molecular formula is C14H12ClN3OS. The van der Waals surface area contributed by atoms with Crippen LogP contribution in [0.25, 0.3) is 10.2 Å². The zero-order valence-corrected chi connectivity index (χ0v) is 12.5. The number of benzene rings is 1. The monoisotopic (exact) mass is 305 g/mol. The van der Waals surface area contributed by atoms with Gasteiger partial charge in [0.05, 0.1) is 12.8 Å². The molecule has 0 amide bonds. The molecule has 0 spiro atoms. The molecule has 0 unspecified atom stereocenters. The predicted molar refractivity (Wildman–Crippen MR) is 83.4 cm³/mol. The Kier molecular flexibility index (Phi) is 3.46. The summed E-state index contributed by atoms with van der Waals surface area (Å²) < 4.78 is 5.33. The molecule has 6 heteroatoms. The number of thiophene rings is 1. The van der Waals surface area contributed by atoms with Crippen LogP contribution in [-0.4, -0.2) is 17.1 Å². The van der Waals surface area contributed by atoms with Crippen LogP contribution in [0.3, 0.4) is 0 Å². The lowest BCUT2D eigenvalue weighted by Crippen LogP contribution is -1.99. The summed E-state index contributed by atoms with van der Waals surface area (Å²) in [6.07, 6.45) is 0. The minimum absolute atomic E-state index is 0.449. The lowest BCUT2D eigenvalue weighted by molar-refractivity contribution is 0.416. The SMILES string of the molecule is COc1ccc(C)cc1Nc1nc(Cl)c2ccsc2n1. The Morgan fingerprint density at radius 1 is 1.25 bits per heavy atom. The average Bonchev–Trinajstić information content (AvgIpc) is 2.88. The minimum atomic E-state index is 0.449. The van der Waals surface area contributed by atoms with Crippen LogP contribution in [0.1, 0.15) is 5.56 Å². The number of fused-ring (bicyclic) bond motifs is 1. The Balaban J connectivity index is 2.02. The first-order chi connectivity index (χ1) is 9.67. The minimum Gasteiger partial charge on any atom is -0.495 e. The van der Waals surface area contributed by atoms with E-state index in [1.165, 1.54) is 11.3 Å². The standard InChI is InChI=1S/C14H12ClN3OS/c1-8-3-4-11(19-2)10(7-8)16-14-17-12(15)9-5-6-20-13(9)18-14/h3-7H,1-2H3,(H,16,17,18). The summed E-state index contributed by atoms with van der Waals surface area (Å²) in [7, 11) is 1.63. The number of anilines is 2. The van der Waals surface area contributed by atoms with Gasteiger partial charge < -0.3 is 10.1 Å². The van der Waals surface area contributed by atoms with Crippen LogP contribution in [0.2, 0.25) is 5.15 Å². The molecule has 0 atom stereocenters. The van der Waals surface area contributed by atoms with Crippen LogP contribution in [0.5, 0.6) is 5.75 Å². The molecule has 0 bridgehead atoms. The molecule has 0 fully saturated rings. The summed E-state index contributed by atoms with van der Waals surface area (Å²) in [5.41, 5.74) is 1.94. The molecule has 0 aliphatic rings. The van der Waals surface area contributed by atoms with Crippen molar-refractivity contribution in [1.29, 1.82) is 0 Å². The number of nitrogens with one attached hydrogen (secondary N) is 1. The zero-order chi connectivity index (χ0) is 14.1. The maximum absolute atomic E-state index is 6.16. The second-order valence-corrected chi connectivity index (χ2v) is 5.56. The molecule has 0 aliphatic heterocycles. The Morgan fingerprint density at radius 2 is 2.10 bits per heavy atom. The summed E-state index contributed by atoms with van der Waals surface area (Å²) in [5.74, 6) is 1.20. The van der Waals surface area contributed by atoms with Gasteiger partial charge in [0.25, 0.3) is 0 Å². The van der Waals surface area contributed by atoms with Gasteiger partial charge in [-0.25, -0.2) is 9.97 Å². The maximum Gasteiger partial charge on any atom is 0.230 e. The van der Waals surface area contributed by atoms with Gasteiger partial charge in [-0.3, -0.25) is 0 Å². The molecule has 0 aliphatic carbocycles. The molecule has 2 heterocycles. The molecule has 0 radical (unpaired) electrons. The van der Waals surface area contributed by atoms with Crippen molar-refractivity contribution in [3.8, 4) is 5.75 Å². The van der Waals surface area contributed by atoms with Gasteiger partial charge in [-0.05, 0) is 36.1 Å². The van der Waals surface area contributed by atoms with Gasteiger partial charge in [-0.1, -0.05) is 17.7 Å². The van der Waals surface area contributed by atoms with Gasteiger partial charge in [0.15, 0.2) is 0 Å². The molecule has 4 nitrogen and oxygen atoms in total. The predicted octanol–water partition coefficient (Wildman–Crippen LogP) is 4.41. The topological polar surface area (TPSA) is 47.0 Å². The molecule has 0 saturated heterocycles. The highest BCUT2D eigenvalue weighted by Gasteiger charge is 2.09. The third-order valence-corrected chi connectivity index (χ3v) is 3.97. The van der Waals surface area contributed by atoms with Gasteiger partial charge in [0.1, 0.15) is 15.7 Å². The van der Waals surface area contributed by atoms with Gasteiger partial charge in [-0.2, -0.15) is 0 Å². The summed E-state index contributed by atoms with van der Waals surface area (Å²) in [6.45, 7) is 2.01. The fourth-order valence-corrected chi connectivity index (χ4v) is 2.97. The van der Waals surface area contributed by atoms with Crippen molar-refractivity contribution < 1.29 is 4.74 Å².